The van der Waals surface area contributed by atoms with Gasteiger partial charge >= 0.3 is 0 Å². The molecule has 0 aliphatic carbocycles. The van der Waals surface area contributed by atoms with Crippen molar-refractivity contribution in [3.05, 3.63) is 24.0 Å². The number of fused-ring (bicyclic) bond motifs is 1. The first kappa shape index (κ1) is 8.54. The maximum Gasteiger partial charge on any atom is 0.141 e. The largest absolute Gasteiger partial charge is 0.492 e. The van der Waals surface area contributed by atoms with Crippen LogP contribution in [0, 0.1) is 5.92 Å². The van der Waals surface area contributed by atoms with Gasteiger partial charge in [-0.3, -0.25) is 4.98 Å². The minimum atomic E-state index is 0.645. The van der Waals surface area contributed by atoms with Crippen molar-refractivity contribution >= 4 is 0 Å². The lowest BCUT2D eigenvalue weighted by Crippen LogP contribution is -2.18. The maximum absolute atomic E-state index is 5.54. The summed E-state index contributed by atoms with van der Waals surface area (Å²) < 4.78 is 5.54. The fourth-order valence-electron chi connectivity index (χ4n) is 1.96. The number of ether oxygens (including phenoxy) is 1. The summed E-state index contributed by atoms with van der Waals surface area (Å²) in [5.41, 5.74) is 1.33. The lowest BCUT2D eigenvalue weighted by molar-refractivity contribution is 0.246. The summed E-state index contributed by atoms with van der Waals surface area (Å²) in [4.78, 5) is 4.07. The van der Waals surface area contributed by atoms with Gasteiger partial charge in [-0.25, -0.2) is 0 Å². The normalized spacial score (nSPS) is 21.0. The number of nitrogens with zero attached hydrogens (tertiary/aromatic N) is 1. The van der Waals surface area contributed by atoms with Crippen LogP contribution in [0.2, 0.25) is 0 Å². The number of rotatable bonds is 1. The topological polar surface area (TPSA) is 22.1 Å². The Morgan fingerprint density at radius 1 is 1.54 bits per heavy atom. The zero-order valence-electron chi connectivity index (χ0n) is 8.16. The van der Waals surface area contributed by atoms with E-state index in [2.05, 4.69) is 24.9 Å². The molecule has 2 nitrogen and oxygen atoms in total. The van der Waals surface area contributed by atoms with E-state index >= 15 is 0 Å². The van der Waals surface area contributed by atoms with E-state index < -0.39 is 0 Å². The zero-order chi connectivity index (χ0) is 9.26. The predicted octanol–water partition coefficient (Wildman–Crippen LogP) is 2.60. The van der Waals surface area contributed by atoms with Gasteiger partial charge in [0.2, 0.25) is 0 Å². The Bertz CT molecular complexity index is 296. The molecule has 1 aromatic heterocycles. The number of aromatic nitrogens is 1. The van der Waals surface area contributed by atoms with Gasteiger partial charge in [0.15, 0.2) is 0 Å². The third kappa shape index (κ3) is 1.53. The molecule has 0 saturated heterocycles. The Hall–Kier alpha value is -1.05. The molecule has 0 amide bonds. The van der Waals surface area contributed by atoms with E-state index in [-0.39, 0.29) is 0 Å². The fraction of sp³-hybridized carbons (Fsp3) is 0.545. The lowest BCUT2D eigenvalue weighted by Gasteiger charge is -2.28. The van der Waals surface area contributed by atoms with Gasteiger partial charge in [0.25, 0.3) is 0 Å². The average Bonchev–Trinajstić information content (AvgIpc) is 2.17. The molecule has 1 atom stereocenters. The second kappa shape index (κ2) is 3.36. The molecule has 0 aromatic carbocycles. The van der Waals surface area contributed by atoms with Crippen LogP contribution in [0.5, 0.6) is 5.75 Å². The maximum atomic E-state index is 5.54. The molecule has 0 spiro atoms. The van der Waals surface area contributed by atoms with Gasteiger partial charge in [0, 0.05) is 11.8 Å². The highest BCUT2D eigenvalue weighted by atomic mass is 16.5. The monoisotopic (exact) mass is 177 g/mol. The summed E-state index contributed by atoms with van der Waals surface area (Å²) in [7, 11) is 0. The molecule has 0 saturated carbocycles. The van der Waals surface area contributed by atoms with Gasteiger partial charge in [-0.2, -0.15) is 0 Å². The lowest BCUT2D eigenvalue weighted by atomic mass is 9.85. The molecule has 70 valence electrons. The second-order valence-electron chi connectivity index (χ2n) is 3.90. The molecule has 1 aromatic rings. The average molecular weight is 177 g/mol. The first-order valence-corrected chi connectivity index (χ1v) is 4.85. The molecule has 13 heavy (non-hydrogen) atoms. The van der Waals surface area contributed by atoms with Gasteiger partial charge in [0.1, 0.15) is 5.75 Å². The van der Waals surface area contributed by atoms with Gasteiger partial charge in [-0.15, -0.1) is 0 Å². The van der Waals surface area contributed by atoms with Crippen LogP contribution >= 0.6 is 0 Å². The first-order chi connectivity index (χ1) is 6.29. The van der Waals surface area contributed by atoms with Gasteiger partial charge in [-0.1, -0.05) is 13.8 Å². The minimum Gasteiger partial charge on any atom is -0.492 e. The molecule has 2 heterocycles. The van der Waals surface area contributed by atoms with Crippen molar-refractivity contribution in [3.8, 4) is 5.75 Å². The van der Waals surface area contributed by atoms with Crippen molar-refractivity contribution in [3.63, 3.8) is 0 Å². The second-order valence-corrected chi connectivity index (χ2v) is 3.90. The van der Waals surface area contributed by atoms with E-state index in [4.69, 9.17) is 4.74 Å². The molecule has 2 heteroatoms. The fourth-order valence-corrected chi connectivity index (χ4v) is 1.96. The molecular formula is C11H15NO. The molecule has 2 rings (SSSR count). The van der Waals surface area contributed by atoms with Gasteiger partial charge in [-0.05, 0) is 24.3 Å². The first-order valence-electron chi connectivity index (χ1n) is 4.85. The Kier molecular flexibility index (Phi) is 2.21. The van der Waals surface area contributed by atoms with Crippen LogP contribution in [-0.2, 0) is 0 Å². The minimum absolute atomic E-state index is 0.645. The highest BCUT2D eigenvalue weighted by Gasteiger charge is 2.23. The Morgan fingerprint density at radius 3 is 3.15 bits per heavy atom. The summed E-state index contributed by atoms with van der Waals surface area (Å²) >= 11 is 0. The summed E-state index contributed by atoms with van der Waals surface area (Å²) in [5.74, 6) is 2.31. The molecule has 1 aliphatic rings. The van der Waals surface area contributed by atoms with Gasteiger partial charge < -0.3 is 4.74 Å². The smallest absolute Gasteiger partial charge is 0.141 e. The Morgan fingerprint density at radius 2 is 2.38 bits per heavy atom. The van der Waals surface area contributed by atoms with E-state index in [1.54, 1.807) is 0 Å². The van der Waals surface area contributed by atoms with Crippen molar-refractivity contribution in [2.45, 2.75) is 26.2 Å². The van der Waals surface area contributed by atoms with Gasteiger partial charge in [0.05, 0.1) is 12.8 Å². The summed E-state index contributed by atoms with van der Waals surface area (Å²) in [5, 5.41) is 0. The van der Waals surface area contributed by atoms with Crippen LogP contribution in [0.15, 0.2) is 18.5 Å². The molecular weight excluding hydrogens is 162 g/mol. The number of hydrogen-bond acceptors (Lipinski definition) is 2. The Labute approximate surface area is 78.9 Å². The Balaban J connectivity index is 2.37. The van der Waals surface area contributed by atoms with E-state index in [9.17, 15) is 0 Å². The highest BCUT2D eigenvalue weighted by molar-refractivity contribution is 5.35. The van der Waals surface area contributed by atoms with Crippen LogP contribution in [0.4, 0.5) is 0 Å². The molecule has 0 bridgehead atoms. The highest BCUT2D eigenvalue weighted by Crippen LogP contribution is 2.37. The number of pyridine rings is 1. The summed E-state index contributed by atoms with van der Waals surface area (Å²) in [6.45, 7) is 5.36. The third-order valence-electron chi connectivity index (χ3n) is 2.71. The van der Waals surface area contributed by atoms with E-state index in [1.165, 1.54) is 5.56 Å². The SMILES string of the molecule is CC(C)C1CCOc2cnccc21. The molecule has 0 N–H and O–H groups in total. The van der Waals surface area contributed by atoms with Crippen molar-refractivity contribution in [1.82, 2.24) is 4.98 Å². The third-order valence-corrected chi connectivity index (χ3v) is 2.71. The van der Waals surface area contributed by atoms with Crippen LogP contribution < -0.4 is 4.74 Å². The molecule has 1 unspecified atom stereocenters. The number of hydrogen-bond donors (Lipinski definition) is 0. The summed E-state index contributed by atoms with van der Waals surface area (Å²) in [6.07, 6.45) is 4.81. The van der Waals surface area contributed by atoms with E-state index in [1.807, 2.05) is 12.4 Å². The van der Waals surface area contributed by atoms with Crippen molar-refractivity contribution in [1.29, 1.82) is 0 Å². The quantitative estimate of drug-likeness (QED) is 0.657. The van der Waals surface area contributed by atoms with Crippen LogP contribution in [0.1, 0.15) is 31.7 Å². The van der Waals surface area contributed by atoms with Crippen LogP contribution in [0.3, 0.4) is 0 Å². The standard InChI is InChI=1S/C11H15NO/c1-8(2)9-4-6-13-11-7-12-5-3-10(9)11/h3,5,7-9H,4,6H2,1-2H3. The van der Waals surface area contributed by atoms with Crippen LogP contribution in [-0.4, -0.2) is 11.6 Å². The zero-order valence-corrected chi connectivity index (χ0v) is 8.16. The molecule has 1 aliphatic heterocycles. The van der Waals surface area contributed by atoms with Crippen molar-refractivity contribution < 1.29 is 4.74 Å². The van der Waals surface area contributed by atoms with E-state index in [0.717, 1.165) is 18.8 Å². The van der Waals surface area contributed by atoms with Crippen molar-refractivity contribution in [2.24, 2.45) is 5.92 Å². The van der Waals surface area contributed by atoms with E-state index in [0.29, 0.717) is 11.8 Å². The van der Waals surface area contributed by atoms with Crippen LogP contribution in [0.25, 0.3) is 0 Å². The molecule has 0 fully saturated rings. The molecule has 0 radical (unpaired) electrons. The van der Waals surface area contributed by atoms with Crippen molar-refractivity contribution in [2.75, 3.05) is 6.61 Å². The summed E-state index contributed by atoms with van der Waals surface area (Å²) in [6, 6.07) is 2.08. The predicted molar refractivity (Wildman–Crippen MR) is 51.9 cm³/mol.